The van der Waals surface area contributed by atoms with Crippen molar-refractivity contribution in [1.82, 2.24) is 0 Å². The van der Waals surface area contributed by atoms with Gasteiger partial charge in [-0.2, -0.15) is 0 Å². The summed E-state index contributed by atoms with van der Waals surface area (Å²) in [5, 5.41) is 18.5. The molecule has 0 aromatic rings. The summed E-state index contributed by atoms with van der Waals surface area (Å²) in [6.45, 7) is 3.20. The van der Waals surface area contributed by atoms with Gasteiger partial charge < -0.3 is 29.2 Å². The number of hydrogen-bond donors (Lipinski definition) is 2. The Hall–Kier alpha value is -0.240. The SMILES string of the molecule is CO[C@@H]1[C@@H](C(O)CO)OC2OC(C)(C)O[C@@H]21. The monoisotopic (exact) mass is 234 g/mol. The van der Waals surface area contributed by atoms with Gasteiger partial charge in [0.2, 0.25) is 0 Å². The zero-order valence-electron chi connectivity index (χ0n) is 9.62. The van der Waals surface area contributed by atoms with E-state index < -0.39 is 30.4 Å². The van der Waals surface area contributed by atoms with Gasteiger partial charge in [0.05, 0.1) is 6.61 Å². The molecule has 6 heteroatoms. The molecular formula is C10H18O6. The number of ether oxygens (including phenoxy) is 4. The lowest BCUT2D eigenvalue weighted by Gasteiger charge is -2.26. The van der Waals surface area contributed by atoms with Crippen LogP contribution in [0.1, 0.15) is 13.8 Å². The highest BCUT2D eigenvalue weighted by molar-refractivity contribution is 4.96. The standard InChI is InChI=1S/C10H18O6/c1-10(2)15-8-7(13-3)6(5(12)4-11)14-9(8)16-10/h5-9,11-12H,4H2,1-3H3/t5?,6-,7-,8-,9?/m1/s1. The molecule has 2 heterocycles. The maximum atomic E-state index is 9.58. The molecule has 0 bridgehead atoms. The van der Waals surface area contributed by atoms with Gasteiger partial charge >= 0.3 is 0 Å². The van der Waals surface area contributed by atoms with Gasteiger partial charge in [-0.25, -0.2) is 0 Å². The van der Waals surface area contributed by atoms with Gasteiger partial charge in [0.25, 0.3) is 0 Å². The number of fused-ring (bicyclic) bond motifs is 1. The van der Waals surface area contributed by atoms with Crippen molar-refractivity contribution in [3.05, 3.63) is 0 Å². The van der Waals surface area contributed by atoms with Crippen LogP contribution in [0.25, 0.3) is 0 Å². The Morgan fingerprint density at radius 1 is 1.38 bits per heavy atom. The second-order valence-corrected chi connectivity index (χ2v) is 4.52. The first kappa shape index (κ1) is 12.2. The smallest absolute Gasteiger partial charge is 0.190 e. The van der Waals surface area contributed by atoms with Crippen molar-refractivity contribution < 1.29 is 29.2 Å². The van der Waals surface area contributed by atoms with Crippen LogP contribution in [0.15, 0.2) is 0 Å². The largest absolute Gasteiger partial charge is 0.394 e. The van der Waals surface area contributed by atoms with E-state index in [9.17, 15) is 5.11 Å². The maximum Gasteiger partial charge on any atom is 0.190 e. The van der Waals surface area contributed by atoms with Crippen LogP contribution >= 0.6 is 0 Å². The Balaban J connectivity index is 2.09. The van der Waals surface area contributed by atoms with Crippen LogP contribution in [-0.4, -0.2) is 60.4 Å². The minimum Gasteiger partial charge on any atom is -0.394 e. The molecule has 2 fully saturated rings. The summed E-state index contributed by atoms with van der Waals surface area (Å²) in [5.41, 5.74) is 0. The zero-order chi connectivity index (χ0) is 11.9. The predicted octanol–water partition coefficient (Wildman–Crippen LogP) is -0.769. The summed E-state index contributed by atoms with van der Waals surface area (Å²) in [4.78, 5) is 0. The Labute approximate surface area is 94.1 Å². The van der Waals surface area contributed by atoms with Crippen molar-refractivity contribution in [1.29, 1.82) is 0 Å². The second-order valence-electron chi connectivity index (χ2n) is 4.52. The van der Waals surface area contributed by atoms with E-state index >= 15 is 0 Å². The molecule has 0 aromatic heterocycles. The third-order valence-corrected chi connectivity index (χ3v) is 2.87. The molecular weight excluding hydrogens is 216 g/mol. The average Bonchev–Trinajstić information content (AvgIpc) is 2.68. The fraction of sp³-hybridized carbons (Fsp3) is 1.00. The van der Waals surface area contributed by atoms with E-state index in [4.69, 9.17) is 24.1 Å². The molecule has 6 nitrogen and oxygen atoms in total. The van der Waals surface area contributed by atoms with E-state index in [2.05, 4.69) is 0 Å². The second kappa shape index (κ2) is 4.21. The third kappa shape index (κ3) is 1.97. The highest BCUT2D eigenvalue weighted by atomic mass is 16.8. The molecule has 0 saturated carbocycles. The molecule has 2 aliphatic heterocycles. The lowest BCUT2D eigenvalue weighted by atomic mass is 10.1. The fourth-order valence-corrected chi connectivity index (χ4v) is 2.19. The lowest BCUT2D eigenvalue weighted by molar-refractivity contribution is -0.229. The topological polar surface area (TPSA) is 77.4 Å². The predicted molar refractivity (Wildman–Crippen MR) is 52.6 cm³/mol. The van der Waals surface area contributed by atoms with Crippen molar-refractivity contribution in [2.75, 3.05) is 13.7 Å². The van der Waals surface area contributed by atoms with Gasteiger partial charge in [0.15, 0.2) is 12.1 Å². The molecule has 0 amide bonds. The number of hydrogen-bond acceptors (Lipinski definition) is 6. The number of rotatable bonds is 3. The Morgan fingerprint density at radius 2 is 2.06 bits per heavy atom. The third-order valence-electron chi connectivity index (χ3n) is 2.87. The van der Waals surface area contributed by atoms with Crippen LogP contribution in [0.4, 0.5) is 0 Å². The highest BCUT2D eigenvalue weighted by Crippen LogP contribution is 2.39. The summed E-state index contributed by atoms with van der Waals surface area (Å²) in [6.07, 6.45) is -2.97. The van der Waals surface area contributed by atoms with Crippen molar-refractivity contribution in [3.8, 4) is 0 Å². The van der Waals surface area contributed by atoms with E-state index in [1.54, 1.807) is 13.8 Å². The minimum atomic E-state index is -0.995. The molecule has 5 atom stereocenters. The van der Waals surface area contributed by atoms with Gasteiger partial charge in [0.1, 0.15) is 24.4 Å². The molecule has 0 aromatic carbocycles. The molecule has 16 heavy (non-hydrogen) atoms. The summed E-state index contributed by atoms with van der Waals surface area (Å²) < 4.78 is 21.9. The Bertz CT molecular complexity index is 256. The van der Waals surface area contributed by atoms with Gasteiger partial charge in [-0.05, 0) is 13.8 Å². The number of aliphatic hydroxyl groups excluding tert-OH is 2. The van der Waals surface area contributed by atoms with E-state index in [0.717, 1.165) is 0 Å². The van der Waals surface area contributed by atoms with Crippen molar-refractivity contribution in [3.63, 3.8) is 0 Å². The molecule has 2 N–H and O–H groups in total. The quantitative estimate of drug-likeness (QED) is 0.668. The molecule has 0 spiro atoms. The lowest BCUT2D eigenvalue weighted by Crippen LogP contribution is -2.43. The molecule has 0 radical (unpaired) electrons. The van der Waals surface area contributed by atoms with E-state index in [0.29, 0.717) is 0 Å². The number of aliphatic hydroxyl groups is 2. The van der Waals surface area contributed by atoms with E-state index in [-0.39, 0.29) is 12.7 Å². The van der Waals surface area contributed by atoms with Crippen LogP contribution in [-0.2, 0) is 18.9 Å². The number of methoxy groups -OCH3 is 1. The van der Waals surface area contributed by atoms with Crippen molar-refractivity contribution in [2.24, 2.45) is 0 Å². The molecule has 2 aliphatic rings. The summed E-state index contributed by atoms with van der Waals surface area (Å²) in [7, 11) is 1.52. The first-order chi connectivity index (χ1) is 7.48. The van der Waals surface area contributed by atoms with Gasteiger partial charge in [0, 0.05) is 7.11 Å². The summed E-state index contributed by atoms with van der Waals surface area (Å²) in [6, 6.07) is 0. The fourth-order valence-electron chi connectivity index (χ4n) is 2.19. The first-order valence-corrected chi connectivity index (χ1v) is 5.31. The molecule has 0 aliphatic carbocycles. The molecule has 2 saturated heterocycles. The van der Waals surface area contributed by atoms with Crippen LogP contribution in [0.5, 0.6) is 0 Å². The van der Waals surface area contributed by atoms with E-state index in [1.165, 1.54) is 7.11 Å². The van der Waals surface area contributed by atoms with Gasteiger partial charge in [-0.1, -0.05) is 0 Å². The van der Waals surface area contributed by atoms with Gasteiger partial charge in [-0.3, -0.25) is 0 Å². The van der Waals surface area contributed by atoms with Gasteiger partial charge in [-0.15, -0.1) is 0 Å². The van der Waals surface area contributed by atoms with Crippen LogP contribution in [0, 0.1) is 0 Å². The average molecular weight is 234 g/mol. The van der Waals surface area contributed by atoms with Crippen molar-refractivity contribution in [2.45, 2.75) is 50.3 Å². The molecule has 2 unspecified atom stereocenters. The highest BCUT2D eigenvalue weighted by Gasteiger charge is 2.56. The van der Waals surface area contributed by atoms with Crippen LogP contribution in [0.3, 0.4) is 0 Å². The van der Waals surface area contributed by atoms with Crippen LogP contribution in [0.2, 0.25) is 0 Å². The zero-order valence-corrected chi connectivity index (χ0v) is 9.62. The molecule has 94 valence electrons. The minimum absolute atomic E-state index is 0.369. The van der Waals surface area contributed by atoms with E-state index in [1.807, 2.05) is 0 Å². The normalized spacial score (nSPS) is 43.3. The van der Waals surface area contributed by atoms with Crippen LogP contribution < -0.4 is 0 Å². The first-order valence-electron chi connectivity index (χ1n) is 5.31. The maximum absolute atomic E-state index is 9.58. The molecule has 2 rings (SSSR count). The van der Waals surface area contributed by atoms with Crippen molar-refractivity contribution >= 4 is 0 Å². The Kier molecular flexibility index (Phi) is 3.22. The summed E-state index contributed by atoms with van der Waals surface area (Å²) in [5.74, 6) is -0.707. The Morgan fingerprint density at radius 3 is 2.62 bits per heavy atom. The summed E-state index contributed by atoms with van der Waals surface area (Å²) >= 11 is 0.